The Morgan fingerprint density at radius 3 is 2.71 bits per heavy atom. The van der Waals surface area contributed by atoms with Crippen LogP contribution < -0.4 is 5.32 Å². The van der Waals surface area contributed by atoms with Crippen molar-refractivity contribution >= 4 is 55.1 Å². The summed E-state index contributed by atoms with van der Waals surface area (Å²) in [6, 6.07) is 2.37. The molecule has 76 valence electrons. The van der Waals surface area contributed by atoms with E-state index < -0.39 is 5.82 Å². The molecule has 1 N–H and O–H groups in total. The molecule has 0 spiro atoms. The summed E-state index contributed by atoms with van der Waals surface area (Å²) in [4.78, 5) is 11.0. The molecule has 2 nitrogen and oxygen atoms in total. The van der Waals surface area contributed by atoms with E-state index in [0.717, 1.165) is 6.07 Å². The normalized spacial score (nSPS) is 10.0. The maximum absolute atomic E-state index is 12.8. The molecule has 0 fully saturated rings. The van der Waals surface area contributed by atoms with Crippen LogP contribution in [0.1, 0.15) is 0 Å². The number of amides is 1. The van der Waals surface area contributed by atoms with Crippen molar-refractivity contribution < 1.29 is 9.18 Å². The fourth-order valence-corrected chi connectivity index (χ4v) is 1.87. The summed E-state index contributed by atoms with van der Waals surface area (Å²) in [5, 5.41) is 2.84. The summed E-state index contributed by atoms with van der Waals surface area (Å²) >= 11 is 11.8. The quantitative estimate of drug-likeness (QED) is 0.816. The molecule has 1 rings (SSSR count). The highest BCUT2D eigenvalue weighted by atomic mass is 79.9. The van der Waals surface area contributed by atoms with E-state index in [1.807, 2.05) is 0 Å². The number of alkyl halides is 1. The highest BCUT2D eigenvalue weighted by Gasteiger charge is 2.10. The second-order valence-electron chi connectivity index (χ2n) is 2.43. The molecule has 0 aliphatic heterocycles. The molecule has 1 amide bonds. The number of benzene rings is 1. The summed E-state index contributed by atoms with van der Waals surface area (Å²) in [6.07, 6.45) is 0. The van der Waals surface area contributed by atoms with Crippen LogP contribution in [0.25, 0.3) is 0 Å². The second kappa shape index (κ2) is 5.09. The Balaban J connectivity index is 3.02. The van der Waals surface area contributed by atoms with Crippen LogP contribution in [0.3, 0.4) is 0 Å². The van der Waals surface area contributed by atoms with Crippen molar-refractivity contribution in [1.29, 1.82) is 0 Å². The minimum absolute atomic E-state index is 0.158. The molecule has 0 aromatic heterocycles. The van der Waals surface area contributed by atoms with Crippen LogP contribution in [0.2, 0.25) is 5.02 Å². The lowest BCUT2D eigenvalue weighted by molar-refractivity contribution is -0.113. The van der Waals surface area contributed by atoms with Crippen LogP contribution in [-0.4, -0.2) is 11.2 Å². The van der Waals surface area contributed by atoms with Crippen molar-refractivity contribution in [3.8, 4) is 0 Å². The van der Waals surface area contributed by atoms with Gasteiger partial charge in [-0.05, 0) is 28.1 Å². The van der Waals surface area contributed by atoms with Crippen LogP contribution in [0, 0.1) is 5.82 Å². The molecule has 0 bridgehead atoms. The van der Waals surface area contributed by atoms with Gasteiger partial charge in [0.15, 0.2) is 0 Å². The number of carbonyl (C=O) groups is 1. The predicted molar refractivity (Wildman–Crippen MR) is 61.5 cm³/mol. The van der Waals surface area contributed by atoms with Gasteiger partial charge in [0.25, 0.3) is 0 Å². The van der Waals surface area contributed by atoms with E-state index >= 15 is 0 Å². The van der Waals surface area contributed by atoms with Crippen molar-refractivity contribution in [3.05, 3.63) is 27.4 Å². The summed E-state index contributed by atoms with van der Waals surface area (Å²) in [5.41, 5.74) is 0.373. The van der Waals surface area contributed by atoms with Gasteiger partial charge in [-0.3, -0.25) is 4.79 Å². The van der Waals surface area contributed by atoms with E-state index in [0.29, 0.717) is 10.2 Å². The zero-order chi connectivity index (χ0) is 10.7. The molecule has 1 aromatic carbocycles. The van der Waals surface area contributed by atoms with Crippen molar-refractivity contribution in [1.82, 2.24) is 0 Å². The largest absolute Gasteiger partial charge is 0.323 e. The summed E-state index contributed by atoms with van der Waals surface area (Å²) < 4.78 is 13.2. The van der Waals surface area contributed by atoms with E-state index in [-0.39, 0.29) is 16.3 Å². The first-order valence-corrected chi connectivity index (χ1v) is 5.84. The van der Waals surface area contributed by atoms with Gasteiger partial charge in [0.05, 0.1) is 16.0 Å². The van der Waals surface area contributed by atoms with Crippen LogP contribution in [0.5, 0.6) is 0 Å². The number of hydrogen-bond acceptors (Lipinski definition) is 1. The SMILES string of the molecule is O=C(CBr)Nc1c(Cl)cc(F)cc1Br. The number of carbonyl (C=O) groups excluding carboxylic acids is 1. The first-order valence-electron chi connectivity index (χ1n) is 3.55. The van der Waals surface area contributed by atoms with E-state index in [2.05, 4.69) is 37.2 Å². The lowest BCUT2D eigenvalue weighted by Gasteiger charge is -2.07. The van der Waals surface area contributed by atoms with Crippen molar-refractivity contribution in [3.63, 3.8) is 0 Å². The topological polar surface area (TPSA) is 29.1 Å². The molecule has 0 aliphatic rings. The van der Waals surface area contributed by atoms with E-state index in [1.165, 1.54) is 6.07 Å². The molecular weight excluding hydrogens is 340 g/mol. The van der Waals surface area contributed by atoms with E-state index in [9.17, 15) is 9.18 Å². The summed E-state index contributed by atoms with van der Waals surface area (Å²) in [5.74, 6) is -0.710. The van der Waals surface area contributed by atoms with Crippen LogP contribution in [0.4, 0.5) is 10.1 Å². The van der Waals surface area contributed by atoms with Gasteiger partial charge in [-0.2, -0.15) is 0 Å². The summed E-state index contributed by atoms with van der Waals surface area (Å²) in [7, 11) is 0. The predicted octanol–water partition coefficient (Wildman–Crippen LogP) is 3.58. The Kier molecular flexibility index (Phi) is 4.34. The van der Waals surface area contributed by atoms with Gasteiger partial charge in [-0.1, -0.05) is 27.5 Å². The lowest BCUT2D eigenvalue weighted by atomic mass is 10.3. The molecule has 1 aromatic rings. The molecule has 6 heteroatoms. The average molecular weight is 345 g/mol. The highest BCUT2D eigenvalue weighted by molar-refractivity contribution is 9.10. The number of halogens is 4. The molecule has 0 unspecified atom stereocenters. The number of anilines is 1. The zero-order valence-electron chi connectivity index (χ0n) is 6.78. The maximum Gasteiger partial charge on any atom is 0.235 e. The molecule has 0 saturated carbocycles. The standard InChI is InChI=1S/C8H5Br2ClFNO/c9-3-7(14)13-8-5(10)1-4(12)2-6(8)11/h1-2H,3H2,(H,13,14). The first kappa shape index (κ1) is 11.9. The first-order chi connectivity index (χ1) is 6.54. The Morgan fingerprint density at radius 1 is 1.57 bits per heavy atom. The Morgan fingerprint density at radius 2 is 2.21 bits per heavy atom. The van der Waals surface area contributed by atoms with Gasteiger partial charge in [0, 0.05) is 4.47 Å². The molecular formula is C8H5Br2ClFNO. The average Bonchev–Trinajstić information content (AvgIpc) is 2.10. The number of nitrogens with one attached hydrogen (secondary N) is 1. The molecule has 0 radical (unpaired) electrons. The second-order valence-corrected chi connectivity index (χ2v) is 4.25. The highest BCUT2D eigenvalue weighted by Crippen LogP contribution is 2.31. The van der Waals surface area contributed by atoms with Crippen LogP contribution in [-0.2, 0) is 4.79 Å². The Labute approximate surface area is 102 Å². The zero-order valence-corrected chi connectivity index (χ0v) is 10.7. The number of hydrogen-bond donors (Lipinski definition) is 1. The van der Waals surface area contributed by atoms with Gasteiger partial charge < -0.3 is 5.32 Å². The molecule has 0 atom stereocenters. The third-order valence-corrected chi connectivity index (χ3v) is 2.83. The minimum atomic E-state index is -0.460. The lowest BCUT2D eigenvalue weighted by Crippen LogP contribution is -2.13. The van der Waals surface area contributed by atoms with Crippen molar-refractivity contribution in [2.75, 3.05) is 10.6 Å². The van der Waals surface area contributed by atoms with Gasteiger partial charge in [0.1, 0.15) is 5.82 Å². The monoisotopic (exact) mass is 343 g/mol. The van der Waals surface area contributed by atoms with E-state index in [4.69, 9.17) is 11.6 Å². The molecule has 0 heterocycles. The Hall–Kier alpha value is -0.130. The molecule has 14 heavy (non-hydrogen) atoms. The van der Waals surface area contributed by atoms with Crippen molar-refractivity contribution in [2.45, 2.75) is 0 Å². The van der Waals surface area contributed by atoms with Gasteiger partial charge in [-0.15, -0.1) is 0 Å². The van der Waals surface area contributed by atoms with Gasteiger partial charge in [0.2, 0.25) is 5.91 Å². The fraction of sp³-hybridized carbons (Fsp3) is 0.125. The van der Waals surface area contributed by atoms with Crippen molar-refractivity contribution in [2.24, 2.45) is 0 Å². The third kappa shape index (κ3) is 2.93. The minimum Gasteiger partial charge on any atom is -0.323 e. The summed E-state index contributed by atoms with van der Waals surface area (Å²) in [6.45, 7) is 0. The smallest absolute Gasteiger partial charge is 0.235 e. The van der Waals surface area contributed by atoms with Crippen LogP contribution in [0.15, 0.2) is 16.6 Å². The van der Waals surface area contributed by atoms with Gasteiger partial charge >= 0.3 is 0 Å². The number of rotatable bonds is 2. The van der Waals surface area contributed by atoms with E-state index in [1.54, 1.807) is 0 Å². The maximum atomic E-state index is 12.8. The van der Waals surface area contributed by atoms with Gasteiger partial charge in [-0.25, -0.2) is 4.39 Å². The fourth-order valence-electron chi connectivity index (χ4n) is 0.834. The molecule has 0 saturated heterocycles. The molecule has 0 aliphatic carbocycles. The third-order valence-electron chi connectivity index (χ3n) is 1.39. The van der Waals surface area contributed by atoms with Crippen LogP contribution >= 0.6 is 43.5 Å². The Bertz CT molecular complexity index is 349.